The molecule has 0 saturated heterocycles. The number of nitrogens with zero attached hydrogens (tertiary/aromatic N) is 1. The molecule has 1 atom stereocenters. The second-order valence-electron chi connectivity index (χ2n) is 5.23. The second-order valence-corrected chi connectivity index (χ2v) is 8.38. The van der Waals surface area contributed by atoms with Gasteiger partial charge in [0.15, 0.2) is 5.12 Å². The minimum Gasteiger partial charge on any atom is -0.287 e. The molecule has 1 rings (SSSR count). The zero-order valence-electron chi connectivity index (χ0n) is 11.9. The Morgan fingerprint density at radius 3 is 2.53 bits per heavy atom. The van der Waals surface area contributed by atoms with Gasteiger partial charge in [-0.25, -0.2) is 4.21 Å². The quantitative estimate of drug-likeness (QED) is 0.633. The molecule has 0 saturated carbocycles. The van der Waals surface area contributed by atoms with Crippen LogP contribution in [-0.2, 0) is 15.8 Å². The van der Waals surface area contributed by atoms with E-state index in [4.69, 9.17) is 0 Å². The van der Waals surface area contributed by atoms with Gasteiger partial charge in [0.05, 0.1) is 4.75 Å². The minimum absolute atomic E-state index is 0.0252. The van der Waals surface area contributed by atoms with Crippen molar-refractivity contribution in [2.75, 3.05) is 0 Å². The van der Waals surface area contributed by atoms with E-state index in [-0.39, 0.29) is 9.86 Å². The molecule has 1 aromatic rings. The standard InChI is InChI=1S/C14H19NO2S2/c1-10-6-7-12(13(8-10)18-11(2)16)9-15-19(17)14(3,4)5/h6-9H,1-5H3. The van der Waals surface area contributed by atoms with Crippen LogP contribution in [0.5, 0.6) is 0 Å². The van der Waals surface area contributed by atoms with Crippen molar-refractivity contribution >= 4 is 34.1 Å². The van der Waals surface area contributed by atoms with Crippen LogP contribution in [-0.4, -0.2) is 20.3 Å². The maximum atomic E-state index is 11.9. The summed E-state index contributed by atoms with van der Waals surface area (Å²) in [6.07, 6.45) is 1.59. The van der Waals surface area contributed by atoms with Crippen molar-refractivity contribution in [2.45, 2.75) is 44.3 Å². The molecule has 0 aromatic heterocycles. The highest BCUT2D eigenvalue weighted by Gasteiger charge is 2.18. The van der Waals surface area contributed by atoms with Crippen molar-refractivity contribution in [3.63, 3.8) is 0 Å². The van der Waals surface area contributed by atoms with Crippen LogP contribution in [0, 0.1) is 6.92 Å². The van der Waals surface area contributed by atoms with Crippen LogP contribution in [0.4, 0.5) is 0 Å². The lowest BCUT2D eigenvalue weighted by molar-refractivity contribution is -0.109. The first-order valence-electron chi connectivity index (χ1n) is 5.95. The molecule has 0 N–H and O–H groups in total. The van der Waals surface area contributed by atoms with Crippen molar-refractivity contribution in [2.24, 2.45) is 4.40 Å². The Balaban J connectivity index is 3.04. The molecule has 1 aromatic carbocycles. The highest BCUT2D eigenvalue weighted by molar-refractivity contribution is 8.13. The third-order valence-electron chi connectivity index (χ3n) is 2.23. The van der Waals surface area contributed by atoms with Gasteiger partial charge in [-0.1, -0.05) is 23.9 Å². The Kier molecular flexibility index (Phi) is 5.50. The fourth-order valence-electron chi connectivity index (χ4n) is 1.25. The summed E-state index contributed by atoms with van der Waals surface area (Å²) in [4.78, 5) is 12.1. The molecular formula is C14H19NO2S2. The molecule has 0 radical (unpaired) electrons. The minimum atomic E-state index is -1.29. The highest BCUT2D eigenvalue weighted by atomic mass is 32.2. The van der Waals surface area contributed by atoms with E-state index in [1.807, 2.05) is 45.9 Å². The lowest BCUT2D eigenvalue weighted by atomic mass is 10.2. The molecule has 0 spiro atoms. The summed E-state index contributed by atoms with van der Waals surface area (Å²) in [5.41, 5.74) is 1.90. The van der Waals surface area contributed by atoms with E-state index in [1.54, 1.807) is 6.21 Å². The summed E-state index contributed by atoms with van der Waals surface area (Å²) in [7, 11) is -1.29. The van der Waals surface area contributed by atoms with Gasteiger partial charge in [0.2, 0.25) is 0 Å². The molecule has 0 aliphatic rings. The number of hydrogen-bond acceptors (Lipinski definition) is 3. The van der Waals surface area contributed by atoms with E-state index < -0.39 is 11.0 Å². The van der Waals surface area contributed by atoms with Crippen LogP contribution >= 0.6 is 11.8 Å². The van der Waals surface area contributed by atoms with Crippen LogP contribution in [0.15, 0.2) is 27.5 Å². The largest absolute Gasteiger partial charge is 0.287 e. The van der Waals surface area contributed by atoms with Gasteiger partial charge in [-0.05, 0) is 39.3 Å². The van der Waals surface area contributed by atoms with Crippen LogP contribution in [0.2, 0.25) is 0 Å². The summed E-state index contributed by atoms with van der Waals surface area (Å²) in [5, 5.41) is 0.0252. The van der Waals surface area contributed by atoms with Crippen LogP contribution in [0.3, 0.4) is 0 Å². The van der Waals surface area contributed by atoms with Gasteiger partial charge in [0.1, 0.15) is 11.0 Å². The number of rotatable bonds is 3. The third-order valence-corrected chi connectivity index (χ3v) is 4.44. The molecule has 3 nitrogen and oxygen atoms in total. The normalized spacial score (nSPS) is 13.7. The molecule has 1 unspecified atom stereocenters. The van der Waals surface area contributed by atoms with E-state index >= 15 is 0 Å². The Morgan fingerprint density at radius 2 is 2.00 bits per heavy atom. The predicted octanol–water partition coefficient (Wildman–Crippen LogP) is 3.51. The monoisotopic (exact) mass is 297 g/mol. The zero-order valence-corrected chi connectivity index (χ0v) is 13.5. The number of carbonyl (C=O) groups excluding carboxylic acids is 1. The highest BCUT2D eigenvalue weighted by Crippen LogP contribution is 2.24. The Bertz CT molecular complexity index is 531. The Labute approximate surface area is 121 Å². The van der Waals surface area contributed by atoms with Gasteiger partial charge in [-0.2, -0.15) is 4.40 Å². The van der Waals surface area contributed by atoms with Gasteiger partial charge in [-0.3, -0.25) is 4.79 Å². The number of thioether (sulfide) groups is 1. The topological polar surface area (TPSA) is 46.5 Å². The molecule has 0 bridgehead atoms. The number of hydrogen-bond donors (Lipinski definition) is 0. The van der Waals surface area contributed by atoms with Crippen molar-refractivity contribution < 1.29 is 9.00 Å². The smallest absolute Gasteiger partial charge is 0.190 e. The molecule has 0 aliphatic heterocycles. The number of benzene rings is 1. The number of aryl methyl sites for hydroxylation is 1. The van der Waals surface area contributed by atoms with Crippen molar-refractivity contribution in [1.29, 1.82) is 0 Å². The van der Waals surface area contributed by atoms with Crippen LogP contribution in [0.1, 0.15) is 38.8 Å². The molecule has 0 aliphatic carbocycles. The van der Waals surface area contributed by atoms with Crippen LogP contribution < -0.4 is 0 Å². The Morgan fingerprint density at radius 1 is 1.37 bits per heavy atom. The summed E-state index contributed by atoms with van der Waals surface area (Å²) in [5.74, 6) is 0. The molecule has 104 valence electrons. The van der Waals surface area contributed by atoms with Crippen molar-refractivity contribution in [1.82, 2.24) is 0 Å². The molecular weight excluding hydrogens is 278 g/mol. The molecule has 5 heteroatoms. The van der Waals surface area contributed by atoms with E-state index in [1.165, 1.54) is 18.7 Å². The molecule has 0 fully saturated rings. The maximum absolute atomic E-state index is 11.9. The molecule has 19 heavy (non-hydrogen) atoms. The SMILES string of the molecule is CC(=O)Sc1cc(C)ccc1C=NS(=O)C(C)(C)C. The molecule has 0 amide bonds. The zero-order chi connectivity index (χ0) is 14.6. The van der Waals surface area contributed by atoms with Gasteiger partial charge < -0.3 is 0 Å². The van der Waals surface area contributed by atoms with Crippen molar-refractivity contribution in [3.8, 4) is 0 Å². The van der Waals surface area contributed by atoms with Crippen LogP contribution in [0.25, 0.3) is 0 Å². The summed E-state index contributed by atoms with van der Waals surface area (Å²) in [6.45, 7) is 9.13. The second kappa shape index (κ2) is 6.48. The van der Waals surface area contributed by atoms with E-state index in [9.17, 15) is 9.00 Å². The van der Waals surface area contributed by atoms with E-state index in [0.717, 1.165) is 16.0 Å². The summed E-state index contributed by atoms with van der Waals surface area (Å²) >= 11 is 1.17. The van der Waals surface area contributed by atoms with Gasteiger partial charge in [0, 0.05) is 23.6 Å². The predicted molar refractivity (Wildman–Crippen MR) is 83.2 cm³/mol. The fourth-order valence-corrected chi connectivity index (χ4v) is 2.57. The Hall–Kier alpha value is -0.940. The summed E-state index contributed by atoms with van der Waals surface area (Å²) < 4.78 is 15.6. The van der Waals surface area contributed by atoms with Gasteiger partial charge in [0.25, 0.3) is 0 Å². The lowest BCUT2D eigenvalue weighted by Gasteiger charge is -2.13. The van der Waals surface area contributed by atoms with Crippen molar-refractivity contribution in [3.05, 3.63) is 29.3 Å². The first kappa shape index (κ1) is 16.1. The summed E-state index contributed by atoms with van der Waals surface area (Å²) in [6, 6.07) is 5.78. The maximum Gasteiger partial charge on any atom is 0.190 e. The average molecular weight is 297 g/mol. The third kappa shape index (κ3) is 5.28. The number of carbonyl (C=O) groups is 1. The lowest BCUT2D eigenvalue weighted by Crippen LogP contribution is -2.19. The van der Waals surface area contributed by atoms with E-state index in [0.29, 0.717) is 0 Å². The van der Waals surface area contributed by atoms with Gasteiger partial charge >= 0.3 is 0 Å². The molecule has 0 heterocycles. The van der Waals surface area contributed by atoms with E-state index in [2.05, 4.69) is 4.40 Å². The van der Waals surface area contributed by atoms with Gasteiger partial charge in [-0.15, -0.1) is 0 Å². The first-order valence-corrected chi connectivity index (χ1v) is 7.87. The average Bonchev–Trinajstić information content (AvgIpc) is 2.25. The fraction of sp³-hybridized carbons (Fsp3) is 0.429. The first-order chi connectivity index (χ1) is 8.70.